The largest absolute Gasteiger partial charge is 0.391 e. The highest BCUT2D eigenvalue weighted by atomic mass is 16.6. The molecule has 4 rings (SSSR count). The summed E-state index contributed by atoms with van der Waals surface area (Å²) in [6, 6.07) is 39.9. The zero-order valence-electron chi connectivity index (χ0n) is 20.9. The van der Waals surface area contributed by atoms with E-state index in [1.165, 1.54) is 0 Å². The van der Waals surface area contributed by atoms with Gasteiger partial charge in [-0.15, -0.1) is 0 Å². The molecule has 0 amide bonds. The Morgan fingerprint density at radius 1 is 0.432 bits per heavy atom. The minimum absolute atomic E-state index is 0.0207. The lowest BCUT2D eigenvalue weighted by molar-refractivity contribution is -0.161. The van der Waals surface area contributed by atoms with E-state index in [2.05, 4.69) is 0 Å². The lowest BCUT2D eigenvalue weighted by atomic mass is 10.1. The molecule has 0 unspecified atom stereocenters. The van der Waals surface area contributed by atoms with E-state index < -0.39 is 11.9 Å². The fraction of sp³-hybridized carbons (Fsp3) is 0.188. The first kappa shape index (κ1) is 26.0. The normalized spacial score (nSPS) is 11.0. The summed E-state index contributed by atoms with van der Waals surface area (Å²) in [6.45, 7) is 2.35. The molecular formula is C32H32N2O3. The smallest absolute Gasteiger partial charge is 0.327 e. The molecule has 0 heterocycles. The quantitative estimate of drug-likeness (QED) is 0.194. The number of ether oxygens (including phenoxy) is 1. The van der Waals surface area contributed by atoms with Crippen molar-refractivity contribution in [3.8, 4) is 0 Å². The molecule has 0 aliphatic heterocycles. The van der Waals surface area contributed by atoms with Crippen LogP contribution >= 0.6 is 0 Å². The molecule has 0 aromatic heterocycles. The van der Waals surface area contributed by atoms with Gasteiger partial charge in [-0.05, 0) is 22.3 Å². The highest BCUT2D eigenvalue weighted by Crippen LogP contribution is 2.12. The fourth-order valence-electron chi connectivity index (χ4n) is 4.26. The van der Waals surface area contributed by atoms with E-state index in [1.807, 2.05) is 131 Å². The zero-order valence-corrected chi connectivity index (χ0v) is 20.9. The highest BCUT2D eigenvalue weighted by molar-refractivity contribution is 5.87. The minimum atomic E-state index is -0.545. The summed E-state index contributed by atoms with van der Waals surface area (Å²) in [5.74, 6) is -1.09. The Bertz CT molecular complexity index is 1050. The molecule has 188 valence electrons. The van der Waals surface area contributed by atoms with Crippen molar-refractivity contribution in [1.29, 1.82) is 0 Å². The van der Waals surface area contributed by atoms with Crippen LogP contribution in [-0.2, 0) is 40.5 Å². The van der Waals surface area contributed by atoms with Crippen molar-refractivity contribution < 1.29 is 14.3 Å². The molecule has 0 N–H and O–H groups in total. The van der Waals surface area contributed by atoms with Crippen molar-refractivity contribution in [2.75, 3.05) is 13.1 Å². The number of rotatable bonds is 12. The Balaban J connectivity index is 1.38. The lowest BCUT2D eigenvalue weighted by Crippen LogP contribution is -2.35. The number of hydrogen-bond acceptors (Lipinski definition) is 5. The molecule has 4 aromatic rings. The van der Waals surface area contributed by atoms with Crippen molar-refractivity contribution in [2.45, 2.75) is 26.2 Å². The molecule has 5 heteroatoms. The third-order valence-corrected chi connectivity index (χ3v) is 5.93. The third-order valence-electron chi connectivity index (χ3n) is 5.93. The van der Waals surface area contributed by atoms with Gasteiger partial charge in [0.25, 0.3) is 0 Å². The van der Waals surface area contributed by atoms with Crippen molar-refractivity contribution in [3.63, 3.8) is 0 Å². The van der Waals surface area contributed by atoms with Crippen molar-refractivity contribution in [1.82, 2.24) is 9.80 Å². The van der Waals surface area contributed by atoms with Gasteiger partial charge in [0.15, 0.2) is 0 Å². The van der Waals surface area contributed by atoms with Crippen molar-refractivity contribution in [2.24, 2.45) is 0 Å². The standard InChI is InChI=1S/C32H32N2O3/c35-31(25-33(21-27-13-5-1-6-14-27)22-28-15-7-2-8-16-28)37-32(36)26-34(23-29-17-9-3-10-18-29)24-30-19-11-4-12-20-30/h1-20H,21-26H2. The topological polar surface area (TPSA) is 49.9 Å². The summed E-state index contributed by atoms with van der Waals surface area (Å²) in [7, 11) is 0. The van der Waals surface area contributed by atoms with Crippen LogP contribution in [0, 0.1) is 0 Å². The molecule has 0 aliphatic rings. The van der Waals surface area contributed by atoms with Crippen LogP contribution in [0.25, 0.3) is 0 Å². The van der Waals surface area contributed by atoms with E-state index in [4.69, 9.17) is 4.74 Å². The summed E-state index contributed by atoms with van der Waals surface area (Å²) in [6.07, 6.45) is 0. The molecular weight excluding hydrogens is 460 g/mol. The van der Waals surface area contributed by atoms with E-state index in [-0.39, 0.29) is 13.1 Å². The second-order valence-corrected chi connectivity index (χ2v) is 9.08. The van der Waals surface area contributed by atoms with Gasteiger partial charge in [-0.1, -0.05) is 121 Å². The summed E-state index contributed by atoms with van der Waals surface area (Å²) < 4.78 is 5.30. The maximum Gasteiger partial charge on any atom is 0.327 e. The average Bonchev–Trinajstić information content (AvgIpc) is 2.91. The second kappa shape index (κ2) is 13.9. The number of benzene rings is 4. The van der Waals surface area contributed by atoms with E-state index in [1.54, 1.807) is 0 Å². The van der Waals surface area contributed by atoms with E-state index in [9.17, 15) is 9.59 Å². The lowest BCUT2D eigenvalue weighted by Gasteiger charge is -2.23. The Morgan fingerprint density at radius 3 is 0.919 bits per heavy atom. The molecule has 37 heavy (non-hydrogen) atoms. The van der Waals surface area contributed by atoms with Crippen LogP contribution < -0.4 is 0 Å². The molecule has 0 radical (unpaired) electrons. The molecule has 0 saturated heterocycles. The molecule has 0 atom stereocenters. The van der Waals surface area contributed by atoms with Crippen LogP contribution in [0.2, 0.25) is 0 Å². The number of carbonyl (C=O) groups is 2. The summed E-state index contributed by atoms with van der Waals surface area (Å²) in [4.78, 5) is 29.7. The van der Waals surface area contributed by atoms with Crippen LogP contribution in [0.5, 0.6) is 0 Å². The predicted octanol–water partition coefficient (Wildman–Crippen LogP) is 5.46. The first-order chi connectivity index (χ1) is 18.1. The summed E-state index contributed by atoms with van der Waals surface area (Å²) >= 11 is 0. The van der Waals surface area contributed by atoms with Gasteiger partial charge in [0.2, 0.25) is 0 Å². The molecule has 0 spiro atoms. The summed E-state index contributed by atoms with van der Waals surface area (Å²) in [5.41, 5.74) is 4.37. The number of nitrogens with zero attached hydrogens (tertiary/aromatic N) is 2. The van der Waals surface area contributed by atoms with Gasteiger partial charge in [0.1, 0.15) is 0 Å². The van der Waals surface area contributed by atoms with Crippen LogP contribution in [0.1, 0.15) is 22.3 Å². The predicted molar refractivity (Wildman–Crippen MR) is 145 cm³/mol. The van der Waals surface area contributed by atoms with Crippen LogP contribution in [-0.4, -0.2) is 34.8 Å². The second-order valence-electron chi connectivity index (χ2n) is 9.08. The molecule has 0 bridgehead atoms. The fourth-order valence-corrected chi connectivity index (χ4v) is 4.26. The van der Waals surface area contributed by atoms with Gasteiger partial charge in [-0.3, -0.25) is 19.4 Å². The molecule has 5 nitrogen and oxygen atoms in total. The molecule has 0 saturated carbocycles. The Hall–Kier alpha value is -4.06. The average molecular weight is 493 g/mol. The van der Waals surface area contributed by atoms with E-state index in [0.717, 1.165) is 22.3 Å². The van der Waals surface area contributed by atoms with Gasteiger partial charge in [0, 0.05) is 26.2 Å². The van der Waals surface area contributed by atoms with Gasteiger partial charge >= 0.3 is 11.9 Å². The van der Waals surface area contributed by atoms with Crippen LogP contribution in [0.3, 0.4) is 0 Å². The van der Waals surface area contributed by atoms with Crippen molar-refractivity contribution >= 4 is 11.9 Å². The maximum absolute atomic E-state index is 12.8. The monoisotopic (exact) mass is 492 g/mol. The van der Waals surface area contributed by atoms with Crippen LogP contribution in [0.15, 0.2) is 121 Å². The summed E-state index contributed by atoms with van der Waals surface area (Å²) in [5, 5.41) is 0. The third kappa shape index (κ3) is 9.15. The van der Waals surface area contributed by atoms with Gasteiger partial charge in [0.05, 0.1) is 13.1 Å². The first-order valence-electron chi connectivity index (χ1n) is 12.5. The molecule has 4 aromatic carbocycles. The minimum Gasteiger partial charge on any atom is -0.391 e. The highest BCUT2D eigenvalue weighted by Gasteiger charge is 2.19. The Labute approximate surface area is 218 Å². The SMILES string of the molecule is O=C(CN(Cc1ccccc1)Cc1ccccc1)OC(=O)CN(Cc1ccccc1)Cc1ccccc1. The van der Waals surface area contributed by atoms with E-state index in [0.29, 0.717) is 26.2 Å². The van der Waals surface area contributed by atoms with Gasteiger partial charge < -0.3 is 4.74 Å². The zero-order chi connectivity index (χ0) is 25.7. The van der Waals surface area contributed by atoms with Gasteiger partial charge in [-0.25, -0.2) is 0 Å². The van der Waals surface area contributed by atoms with Crippen LogP contribution in [0.4, 0.5) is 0 Å². The maximum atomic E-state index is 12.8. The van der Waals surface area contributed by atoms with E-state index >= 15 is 0 Å². The number of esters is 2. The van der Waals surface area contributed by atoms with Gasteiger partial charge in [-0.2, -0.15) is 0 Å². The first-order valence-corrected chi connectivity index (χ1v) is 12.5. The molecule has 0 fully saturated rings. The number of hydrogen-bond donors (Lipinski definition) is 0. The Kier molecular flexibility index (Phi) is 9.76. The Morgan fingerprint density at radius 2 is 0.676 bits per heavy atom. The number of carbonyl (C=O) groups excluding carboxylic acids is 2. The van der Waals surface area contributed by atoms with Crippen molar-refractivity contribution in [3.05, 3.63) is 144 Å². The molecule has 0 aliphatic carbocycles.